The van der Waals surface area contributed by atoms with Gasteiger partial charge >= 0.3 is 12.0 Å². The molecule has 0 radical (unpaired) electrons. The number of hydrogen-bond donors (Lipinski definition) is 2. The molecule has 0 bridgehead atoms. The van der Waals surface area contributed by atoms with E-state index in [2.05, 4.69) is 10.6 Å². The van der Waals surface area contributed by atoms with Crippen molar-refractivity contribution in [3.63, 3.8) is 0 Å². The molecule has 0 unspecified atom stereocenters. The van der Waals surface area contributed by atoms with Gasteiger partial charge in [-0.25, -0.2) is 4.79 Å². The third kappa shape index (κ3) is 7.69. The van der Waals surface area contributed by atoms with E-state index in [4.69, 9.17) is 4.74 Å². The molecule has 0 aliphatic rings. The van der Waals surface area contributed by atoms with Gasteiger partial charge < -0.3 is 10.1 Å². The van der Waals surface area contributed by atoms with Crippen LogP contribution in [0.5, 0.6) is 0 Å². The third-order valence-electron chi connectivity index (χ3n) is 2.99. The Hall–Kier alpha value is -2.02. The molecule has 7 heteroatoms. The number of carbonyl (C=O) groups is 3. The summed E-state index contributed by atoms with van der Waals surface area (Å²) in [5, 5.41) is 4.58. The number of ether oxygens (including phenoxy) is 1. The maximum atomic E-state index is 11.6. The number of urea groups is 1. The third-order valence-corrected chi connectivity index (χ3v) is 3.96. The van der Waals surface area contributed by atoms with Gasteiger partial charge in [0.1, 0.15) is 0 Å². The molecule has 1 aromatic rings. The van der Waals surface area contributed by atoms with Gasteiger partial charge in [-0.3, -0.25) is 14.9 Å². The van der Waals surface area contributed by atoms with E-state index >= 15 is 0 Å². The van der Waals surface area contributed by atoms with E-state index in [9.17, 15) is 14.4 Å². The maximum Gasteiger partial charge on any atom is 0.321 e. The van der Waals surface area contributed by atoms with E-state index in [0.29, 0.717) is 6.54 Å². The summed E-state index contributed by atoms with van der Waals surface area (Å²) in [6.45, 7) is 5.94. The summed E-state index contributed by atoms with van der Waals surface area (Å²) in [7, 11) is 0. The molecule has 0 saturated heterocycles. The first kappa shape index (κ1) is 19.0. The molecule has 6 nitrogen and oxygen atoms in total. The van der Waals surface area contributed by atoms with Crippen LogP contribution in [0.3, 0.4) is 0 Å². The second kappa shape index (κ2) is 9.89. The van der Waals surface area contributed by atoms with Crippen molar-refractivity contribution in [3.8, 4) is 0 Å². The Bertz CT molecular complexity index is 575. The van der Waals surface area contributed by atoms with Gasteiger partial charge in [-0.1, -0.05) is 13.0 Å². The summed E-state index contributed by atoms with van der Waals surface area (Å²) in [6.07, 6.45) is 0.770. The molecule has 3 amide bonds. The minimum atomic E-state index is -0.650. The minimum absolute atomic E-state index is 0.109. The average Bonchev–Trinajstić information content (AvgIpc) is 2.52. The normalized spacial score (nSPS) is 10.0. The molecule has 126 valence electrons. The van der Waals surface area contributed by atoms with E-state index in [-0.39, 0.29) is 5.75 Å². The smallest absolute Gasteiger partial charge is 0.321 e. The molecule has 0 fully saturated rings. The standard InChI is InChI=1S/C16H22N2O4S/c1-4-7-17-16(21)18-14(19)9-22-15(20)10-23-13-6-5-11(2)12(3)8-13/h5-6,8H,4,7,9-10H2,1-3H3,(H2,17,18,19,21). The summed E-state index contributed by atoms with van der Waals surface area (Å²) in [6, 6.07) is 5.34. The molecular weight excluding hydrogens is 316 g/mol. The highest BCUT2D eigenvalue weighted by Crippen LogP contribution is 2.20. The average molecular weight is 338 g/mol. The highest BCUT2D eigenvalue weighted by molar-refractivity contribution is 8.00. The van der Waals surface area contributed by atoms with Crippen LogP contribution < -0.4 is 10.6 Å². The Morgan fingerprint density at radius 1 is 1.17 bits per heavy atom. The summed E-state index contributed by atoms with van der Waals surface area (Å²) in [4.78, 5) is 35.2. The van der Waals surface area contributed by atoms with E-state index in [1.54, 1.807) is 0 Å². The van der Waals surface area contributed by atoms with Crippen LogP contribution in [0.1, 0.15) is 24.5 Å². The number of esters is 1. The van der Waals surface area contributed by atoms with Gasteiger partial charge in [0.05, 0.1) is 5.75 Å². The first-order valence-corrected chi connectivity index (χ1v) is 8.34. The number of nitrogens with one attached hydrogen (secondary N) is 2. The molecule has 23 heavy (non-hydrogen) atoms. The zero-order valence-corrected chi connectivity index (χ0v) is 14.4. The van der Waals surface area contributed by atoms with Crippen molar-refractivity contribution in [2.75, 3.05) is 18.9 Å². The number of hydrogen-bond acceptors (Lipinski definition) is 5. The number of thioether (sulfide) groups is 1. The summed E-state index contributed by atoms with van der Waals surface area (Å²) in [5.74, 6) is -1.04. The predicted octanol–water partition coefficient (Wildman–Crippen LogP) is 2.17. The van der Waals surface area contributed by atoms with Gasteiger partial charge in [0.25, 0.3) is 5.91 Å². The molecule has 0 aliphatic carbocycles. The lowest BCUT2D eigenvalue weighted by Crippen LogP contribution is -2.41. The van der Waals surface area contributed by atoms with Gasteiger partial charge in [0, 0.05) is 11.4 Å². The Labute approximate surface area is 140 Å². The van der Waals surface area contributed by atoms with Crippen molar-refractivity contribution in [2.45, 2.75) is 32.1 Å². The summed E-state index contributed by atoms with van der Waals surface area (Å²) < 4.78 is 4.83. The van der Waals surface area contributed by atoms with E-state index < -0.39 is 24.5 Å². The first-order chi connectivity index (χ1) is 10.9. The van der Waals surface area contributed by atoms with Gasteiger partial charge in [-0.2, -0.15) is 0 Å². The number of amides is 3. The van der Waals surface area contributed by atoms with E-state index in [1.165, 1.54) is 17.3 Å². The Kier molecular flexibility index (Phi) is 8.18. The lowest BCUT2D eigenvalue weighted by molar-refractivity contribution is -0.145. The van der Waals surface area contributed by atoms with E-state index in [1.807, 2.05) is 39.0 Å². The van der Waals surface area contributed by atoms with Crippen LogP contribution in [-0.4, -0.2) is 36.8 Å². The fourth-order valence-electron chi connectivity index (χ4n) is 1.58. The van der Waals surface area contributed by atoms with Crippen molar-refractivity contribution >= 4 is 29.7 Å². The zero-order chi connectivity index (χ0) is 17.2. The zero-order valence-electron chi connectivity index (χ0n) is 13.6. The van der Waals surface area contributed by atoms with Crippen molar-refractivity contribution in [1.29, 1.82) is 0 Å². The van der Waals surface area contributed by atoms with Crippen LogP contribution in [0.2, 0.25) is 0 Å². The Morgan fingerprint density at radius 2 is 1.91 bits per heavy atom. The van der Waals surface area contributed by atoms with Crippen molar-refractivity contribution in [2.24, 2.45) is 0 Å². The highest BCUT2D eigenvalue weighted by atomic mass is 32.2. The highest BCUT2D eigenvalue weighted by Gasteiger charge is 2.11. The van der Waals surface area contributed by atoms with Crippen molar-refractivity contribution in [1.82, 2.24) is 10.6 Å². The van der Waals surface area contributed by atoms with Gasteiger partial charge in [0.2, 0.25) is 0 Å². The second-order valence-corrected chi connectivity index (χ2v) is 6.05. The van der Waals surface area contributed by atoms with Crippen LogP contribution in [0.25, 0.3) is 0 Å². The lowest BCUT2D eigenvalue weighted by atomic mass is 10.1. The van der Waals surface area contributed by atoms with Gasteiger partial charge in [-0.15, -0.1) is 11.8 Å². The molecule has 1 rings (SSSR count). The first-order valence-electron chi connectivity index (χ1n) is 7.35. The van der Waals surface area contributed by atoms with Gasteiger partial charge in [-0.05, 0) is 43.5 Å². The van der Waals surface area contributed by atoms with Crippen LogP contribution in [0, 0.1) is 13.8 Å². The topological polar surface area (TPSA) is 84.5 Å². The van der Waals surface area contributed by atoms with Crippen LogP contribution in [-0.2, 0) is 14.3 Å². The number of aryl methyl sites for hydroxylation is 2. The number of carbonyl (C=O) groups excluding carboxylic acids is 3. The second-order valence-electron chi connectivity index (χ2n) is 5.00. The largest absolute Gasteiger partial charge is 0.455 e. The molecule has 0 aromatic heterocycles. The summed E-state index contributed by atoms with van der Waals surface area (Å²) in [5.41, 5.74) is 2.34. The molecule has 0 saturated carbocycles. The monoisotopic (exact) mass is 338 g/mol. The molecule has 2 N–H and O–H groups in total. The van der Waals surface area contributed by atoms with Crippen LogP contribution in [0.4, 0.5) is 4.79 Å². The Balaban J connectivity index is 2.27. The fourth-order valence-corrected chi connectivity index (χ4v) is 2.37. The lowest BCUT2D eigenvalue weighted by Gasteiger charge is -2.07. The Morgan fingerprint density at radius 3 is 2.57 bits per heavy atom. The fraction of sp³-hybridized carbons (Fsp3) is 0.438. The minimum Gasteiger partial charge on any atom is -0.455 e. The summed E-state index contributed by atoms with van der Waals surface area (Å²) >= 11 is 1.34. The number of benzene rings is 1. The quantitative estimate of drug-likeness (QED) is 0.588. The maximum absolute atomic E-state index is 11.6. The van der Waals surface area contributed by atoms with Crippen molar-refractivity contribution < 1.29 is 19.1 Å². The van der Waals surface area contributed by atoms with Crippen molar-refractivity contribution in [3.05, 3.63) is 29.3 Å². The molecular formula is C16H22N2O4S. The van der Waals surface area contributed by atoms with Crippen LogP contribution in [0.15, 0.2) is 23.1 Å². The molecule has 0 heterocycles. The molecule has 0 atom stereocenters. The van der Waals surface area contributed by atoms with E-state index in [0.717, 1.165) is 16.9 Å². The molecule has 1 aromatic carbocycles. The predicted molar refractivity (Wildman–Crippen MR) is 89.4 cm³/mol. The molecule has 0 aliphatic heterocycles. The SMILES string of the molecule is CCCNC(=O)NC(=O)COC(=O)CSc1ccc(C)c(C)c1. The number of imide groups is 1. The van der Waals surface area contributed by atoms with Gasteiger partial charge in [0.15, 0.2) is 6.61 Å². The number of rotatable bonds is 7. The molecule has 0 spiro atoms. The van der Waals surface area contributed by atoms with Crippen LogP contribution >= 0.6 is 11.8 Å².